The van der Waals surface area contributed by atoms with Crippen LogP contribution in [0.5, 0.6) is 0 Å². The Kier molecular flexibility index (Phi) is 4.08. The summed E-state index contributed by atoms with van der Waals surface area (Å²) in [5.41, 5.74) is 7.72. The molecule has 0 atom stereocenters. The van der Waals surface area contributed by atoms with Gasteiger partial charge in [0.05, 0.1) is 0 Å². The molecule has 1 nitrogen and oxygen atoms in total. The molecule has 0 aliphatic carbocycles. The summed E-state index contributed by atoms with van der Waals surface area (Å²) in [5, 5.41) is 0. The first-order valence-corrected chi connectivity index (χ1v) is 4.58. The van der Waals surface area contributed by atoms with E-state index in [1.807, 2.05) is 12.1 Å². The second kappa shape index (κ2) is 5.40. The third-order valence-electron chi connectivity index (χ3n) is 1.79. The van der Waals surface area contributed by atoms with E-state index in [0.29, 0.717) is 0 Å². The highest BCUT2D eigenvalue weighted by molar-refractivity contribution is 5.35. The van der Waals surface area contributed by atoms with E-state index in [1.165, 1.54) is 5.56 Å². The normalized spacial score (nSPS) is 9.08. The summed E-state index contributed by atoms with van der Waals surface area (Å²) >= 11 is 0. The van der Waals surface area contributed by atoms with Crippen molar-refractivity contribution in [2.45, 2.75) is 19.8 Å². The highest BCUT2D eigenvalue weighted by Gasteiger charge is 1.85. The zero-order valence-electron chi connectivity index (χ0n) is 8.01. The minimum absolute atomic E-state index is 0.725. The standard InChI is InChI=1S/C12H15N/c1-11-6-8-12(9-7-11)5-3-2-4-10-13/h6-9H,2,4,10,13H2,1H3. The molecule has 1 aromatic carbocycles. The summed E-state index contributed by atoms with van der Waals surface area (Å²) in [6.07, 6.45) is 1.88. The quantitative estimate of drug-likeness (QED) is 0.538. The van der Waals surface area contributed by atoms with Gasteiger partial charge in [-0.15, -0.1) is 0 Å². The lowest BCUT2D eigenvalue weighted by molar-refractivity contribution is 0.870. The number of benzene rings is 1. The Balaban J connectivity index is 2.52. The first kappa shape index (κ1) is 9.83. The van der Waals surface area contributed by atoms with E-state index in [0.717, 1.165) is 24.9 Å². The molecule has 0 aliphatic rings. The Morgan fingerprint density at radius 3 is 2.54 bits per heavy atom. The van der Waals surface area contributed by atoms with Crippen LogP contribution in [0, 0.1) is 18.8 Å². The summed E-state index contributed by atoms with van der Waals surface area (Å²) in [4.78, 5) is 0. The maximum atomic E-state index is 5.36. The van der Waals surface area contributed by atoms with Crippen LogP contribution in [-0.4, -0.2) is 6.54 Å². The zero-order valence-corrected chi connectivity index (χ0v) is 8.01. The van der Waals surface area contributed by atoms with Crippen molar-refractivity contribution in [3.8, 4) is 11.8 Å². The van der Waals surface area contributed by atoms with Crippen molar-refractivity contribution in [2.24, 2.45) is 5.73 Å². The molecule has 0 aliphatic heterocycles. The molecular weight excluding hydrogens is 158 g/mol. The van der Waals surface area contributed by atoms with Gasteiger partial charge >= 0.3 is 0 Å². The van der Waals surface area contributed by atoms with Gasteiger partial charge in [-0.2, -0.15) is 0 Å². The lowest BCUT2D eigenvalue weighted by atomic mass is 10.1. The topological polar surface area (TPSA) is 26.0 Å². The Bertz CT molecular complexity index is 300. The molecule has 0 amide bonds. The Morgan fingerprint density at radius 1 is 1.23 bits per heavy atom. The van der Waals surface area contributed by atoms with Crippen molar-refractivity contribution in [3.63, 3.8) is 0 Å². The van der Waals surface area contributed by atoms with E-state index in [-0.39, 0.29) is 0 Å². The molecule has 1 rings (SSSR count). The number of hydrogen-bond donors (Lipinski definition) is 1. The predicted molar refractivity (Wildman–Crippen MR) is 56.3 cm³/mol. The Hall–Kier alpha value is -1.26. The van der Waals surface area contributed by atoms with E-state index in [9.17, 15) is 0 Å². The van der Waals surface area contributed by atoms with Crippen LogP contribution < -0.4 is 5.73 Å². The Labute approximate surface area is 80.0 Å². The average molecular weight is 173 g/mol. The van der Waals surface area contributed by atoms with Gasteiger partial charge < -0.3 is 5.73 Å². The number of rotatable bonds is 2. The molecular formula is C12H15N. The summed E-state index contributed by atoms with van der Waals surface area (Å²) in [6.45, 7) is 2.80. The second-order valence-corrected chi connectivity index (χ2v) is 3.06. The summed E-state index contributed by atoms with van der Waals surface area (Å²) in [7, 11) is 0. The van der Waals surface area contributed by atoms with Gasteiger partial charge in [0, 0.05) is 12.0 Å². The molecule has 0 radical (unpaired) electrons. The molecule has 68 valence electrons. The highest BCUT2D eigenvalue weighted by atomic mass is 14.5. The fraction of sp³-hybridized carbons (Fsp3) is 0.333. The maximum Gasteiger partial charge on any atom is 0.0245 e. The molecule has 0 saturated carbocycles. The summed E-state index contributed by atoms with van der Waals surface area (Å²) in [6, 6.07) is 8.25. The molecule has 2 N–H and O–H groups in total. The van der Waals surface area contributed by atoms with Gasteiger partial charge in [0.2, 0.25) is 0 Å². The lowest BCUT2D eigenvalue weighted by Crippen LogP contribution is -1.96. The van der Waals surface area contributed by atoms with Crippen LogP contribution in [0.3, 0.4) is 0 Å². The third-order valence-corrected chi connectivity index (χ3v) is 1.79. The third kappa shape index (κ3) is 3.78. The van der Waals surface area contributed by atoms with Gasteiger partial charge in [0.1, 0.15) is 0 Å². The van der Waals surface area contributed by atoms with E-state index < -0.39 is 0 Å². The van der Waals surface area contributed by atoms with Gasteiger partial charge in [-0.05, 0) is 32.0 Å². The van der Waals surface area contributed by atoms with Crippen molar-refractivity contribution in [1.82, 2.24) is 0 Å². The molecule has 0 aromatic heterocycles. The summed E-state index contributed by atoms with van der Waals surface area (Å²) in [5.74, 6) is 6.19. The van der Waals surface area contributed by atoms with Gasteiger partial charge in [0.15, 0.2) is 0 Å². The SMILES string of the molecule is Cc1ccc(C#CCCCN)cc1. The van der Waals surface area contributed by atoms with E-state index >= 15 is 0 Å². The molecule has 1 aromatic rings. The molecule has 0 saturated heterocycles. The van der Waals surface area contributed by atoms with Crippen molar-refractivity contribution in [3.05, 3.63) is 35.4 Å². The van der Waals surface area contributed by atoms with Crippen molar-refractivity contribution >= 4 is 0 Å². The molecule has 0 bridgehead atoms. The first-order chi connectivity index (χ1) is 6.33. The molecule has 0 unspecified atom stereocenters. The van der Waals surface area contributed by atoms with Gasteiger partial charge in [-0.1, -0.05) is 29.5 Å². The molecule has 13 heavy (non-hydrogen) atoms. The van der Waals surface area contributed by atoms with Crippen molar-refractivity contribution < 1.29 is 0 Å². The smallest absolute Gasteiger partial charge is 0.0245 e. The Morgan fingerprint density at radius 2 is 1.92 bits per heavy atom. The number of hydrogen-bond acceptors (Lipinski definition) is 1. The number of aryl methyl sites for hydroxylation is 1. The average Bonchev–Trinajstić information content (AvgIpc) is 2.15. The summed E-state index contributed by atoms with van der Waals surface area (Å²) < 4.78 is 0. The second-order valence-electron chi connectivity index (χ2n) is 3.06. The van der Waals surface area contributed by atoms with Crippen LogP contribution in [0.25, 0.3) is 0 Å². The lowest BCUT2D eigenvalue weighted by Gasteiger charge is -1.91. The van der Waals surface area contributed by atoms with Crippen LogP contribution in [-0.2, 0) is 0 Å². The van der Waals surface area contributed by atoms with Gasteiger partial charge in [-0.25, -0.2) is 0 Å². The van der Waals surface area contributed by atoms with Crippen LogP contribution in [0.4, 0.5) is 0 Å². The van der Waals surface area contributed by atoms with Crippen LogP contribution >= 0.6 is 0 Å². The van der Waals surface area contributed by atoms with Crippen molar-refractivity contribution in [1.29, 1.82) is 0 Å². The minimum atomic E-state index is 0.725. The molecule has 1 heteroatoms. The molecule has 0 spiro atoms. The molecule has 0 fully saturated rings. The maximum absolute atomic E-state index is 5.36. The van der Waals surface area contributed by atoms with Gasteiger partial charge in [-0.3, -0.25) is 0 Å². The van der Waals surface area contributed by atoms with E-state index in [1.54, 1.807) is 0 Å². The highest BCUT2D eigenvalue weighted by Crippen LogP contribution is 2.00. The predicted octanol–water partition coefficient (Wildman–Crippen LogP) is 2.09. The van der Waals surface area contributed by atoms with Crippen LogP contribution in [0.15, 0.2) is 24.3 Å². The van der Waals surface area contributed by atoms with Crippen molar-refractivity contribution in [2.75, 3.05) is 6.54 Å². The fourth-order valence-electron chi connectivity index (χ4n) is 0.992. The number of unbranched alkanes of at least 4 members (excludes halogenated alkanes) is 1. The van der Waals surface area contributed by atoms with Crippen LogP contribution in [0.1, 0.15) is 24.0 Å². The van der Waals surface area contributed by atoms with Crippen LogP contribution in [0.2, 0.25) is 0 Å². The monoisotopic (exact) mass is 173 g/mol. The first-order valence-electron chi connectivity index (χ1n) is 4.58. The van der Waals surface area contributed by atoms with E-state index in [2.05, 4.69) is 30.9 Å². The van der Waals surface area contributed by atoms with Gasteiger partial charge in [0.25, 0.3) is 0 Å². The fourth-order valence-corrected chi connectivity index (χ4v) is 0.992. The molecule has 0 heterocycles. The minimum Gasteiger partial charge on any atom is -0.330 e. The largest absolute Gasteiger partial charge is 0.330 e. The van der Waals surface area contributed by atoms with E-state index in [4.69, 9.17) is 5.73 Å². The zero-order chi connectivity index (χ0) is 9.52. The number of nitrogens with two attached hydrogens (primary N) is 1.